The Morgan fingerprint density at radius 3 is 2.17 bits per heavy atom. The Hall–Kier alpha value is -2.26. The van der Waals surface area contributed by atoms with Gasteiger partial charge in [-0.05, 0) is 48.5 Å². The average molecular weight is 426 g/mol. The van der Waals surface area contributed by atoms with Crippen LogP contribution in [0.25, 0.3) is 0 Å². The number of carbonyl (C=O) groups is 3. The zero-order chi connectivity index (χ0) is 22.0. The fraction of sp³-hybridized carbons (Fsp3) is 0.550. The third-order valence-electron chi connectivity index (χ3n) is 4.30. The fourth-order valence-corrected chi connectivity index (χ4v) is 3.19. The van der Waals surface area contributed by atoms with Gasteiger partial charge >= 0.3 is 5.97 Å². The summed E-state index contributed by atoms with van der Waals surface area (Å²) in [6.45, 7) is 3.73. The molecule has 1 aromatic carbocycles. The topological polar surface area (TPSA) is 142 Å². The van der Waals surface area contributed by atoms with E-state index in [1.165, 1.54) is 12.1 Å². The minimum atomic E-state index is -1.13. The van der Waals surface area contributed by atoms with Crippen LogP contribution in [0.1, 0.15) is 32.3 Å². The van der Waals surface area contributed by atoms with Gasteiger partial charge in [0, 0.05) is 6.42 Å². The van der Waals surface area contributed by atoms with Crippen LogP contribution in [0.4, 0.5) is 0 Å². The van der Waals surface area contributed by atoms with Crippen molar-refractivity contribution in [1.29, 1.82) is 0 Å². The molecule has 8 nitrogen and oxygen atoms in total. The number of benzene rings is 1. The van der Waals surface area contributed by atoms with E-state index < -0.39 is 35.9 Å². The van der Waals surface area contributed by atoms with E-state index in [-0.39, 0.29) is 24.5 Å². The van der Waals surface area contributed by atoms with Crippen LogP contribution in [0.3, 0.4) is 0 Å². The first-order valence-corrected chi connectivity index (χ1v) is 10.9. The minimum Gasteiger partial charge on any atom is -0.508 e. The molecule has 0 fully saturated rings. The number of phenols is 1. The summed E-state index contributed by atoms with van der Waals surface area (Å²) in [5, 5.41) is 24.0. The van der Waals surface area contributed by atoms with Gasteiger partial charge in [-0.15, -0.1) is 0 Å². The summed E-state index contributed by atoms with van der Waals surface area (Å²) in [6.07, 6.45) is 2.79. The van der Waals surface area contributed by atoms with Crippen LogP contribution >= 0.6 is 11.8 Å². The van der Waals surface area contributed by atoms with E-state index in [1.54, 1.807) is 23.9 Å². The van der Waals surface area contributed by atoms with Crippen molar-refractivity contribution in [2.75, 3.05) is 12.0 Å². The van der Waals surface area contributed by atoms with Gasteiger partial charge < -0.3 is 26.6 Å². The molecule has 6 N–H and O–H groups in total. The molecule has 3 unspecified atom stereocenters. The lowest BCUT2D eigenvalue weighted by molar-refractivity contribution is -0.142. The highest BCUT2D eigenvalue weighted by molar-refractivity contribution is 7.98. The SMILES string of the molecule is CSCCC(N)C(=O)NC(Cc1ccc(O)cc1)C(=O)NC(CC(C)C)C(=O)O. The number of hydrogen-bond donors (Lipinski definition) is 5. The largest absolute Gasteiger partial charge is 0.508 e. The molecule has 0 aliphatic carbocycles. The maximum atomic E-state index is 12.8. The number of aliphatic carboxylic acids is 1. The Labute approximate surface area is 175 Å². The lowest BCUT2D eigenvalue weighted by Gasteiger charge is -2.23. The van der Waals surface area contributed by atoms with Gasteiger partial charge in [-0.3, -0.25) is 9.59 Å². The predicted octanol–water partition coefficient (Wildman–Crippen LogP) is 1.12. The first kappa shape index (κ1) is 24.8. The number of nitrogens with two attached hydrogens (primary N) is 1. The van der Waals surface area contributed by atoms with Crippen molar-refractivity contribution in [1.82, 2.24) is 10.6 Å². The van der Waals surface area contributed by atoms with E-state index in [1.807, 2.05) is 20.1 Å². The summed E-state index contributed by atoms with van der Waals surface area (Å²) in [6, 6.07) is 3.44. The standard InChI is InChI=1S/C20H31N3O5S/c1-12(2)10-17(20(27)28)23-19(26)16(11-13-4-6-14(24)7-5-13)22-18(25)15(21)8-9-29-3/h4-7,12,15-17,24H,8-11,21H2,1-3H3,(H,22,25)(H,23,26)(H,27,28). The molecule has 3 atom stereocenters. The Morgan fingerprint density at radius 1 is 1.07 bits per heavy atom. The number of amides is 2. The van der Waals surface area contributed by atoms with Gasteiger partial charge in [-0.1, -0.05) is 26.0 Å². The minimum absolute atomic E-state index is 0.0708. The molecular formula is C20H31N3O5S. The lowest BCUT2D eigenvalue weighted by Crippen LogP contribution is -2.55. The Balaban J connectivity index is 2.95. The second kappa shape index (κ2) is 12.3. The third-order valence-corrected chi connectivity index (χ3v) is 4.94. The van der Waals surface area contributed by atoms with Crippen LogP contribution in [0.5, 0.6) is 5.75 Å². The molecule has 1 rings (SSSR count). The molecule has 0 spiro atoms. The molecule has 2 amide bonds. The van der Waals surface area contributed by atoms with Gasteiger partial charge in [0.25, 0.3) is 0 Å². The van der Waals surface area contributed by atoms with E-state index in [4.69, 9.17) is 5.73 Å². The zero-order valence-electron chi connectivity index (χ0n) is 17.1. The van der Waals surface area contributed by atoms with Crippen LogP contribution in [0, 0.1) is 5.92 Å². The maximum absolute atomic E-state index is 12.8. The van der Waals surface area contributed by atoms with Crippen molar-refractivity contribution in [3.05, 3.63) is 29.8 Å². The molecule has 162 valence electrons. The average Bonchev–Trinajstić information content (AvgIpc) is 2.65. The Morgan fingerprint density at radius 2 is 1.66 bits per heavy atom. The molecule has 1 aromatic rings. The van der Waals surface area contributed by atoms with E-state index in [2.05, 4.69) is 10.6 Å². The van der Waals surface area contributed by atoms with E-state index in [0.717, 1.165) is 0 Å². The van der Waals surface area contributed by atoms with Crippen LogP contribution < -0.4 is 16.4 Å². The van der Waals surface area contributed by atoms with Gasteiger partial charge in [-0.2, -0.15) is 11.8 Å². The van der Waals surface area contributed by atoms with Gasteiger partial charge in [0.15, 0.2) is 0 Å². The predicted molar refractivity (Wildman–Crippen MR) is 114 cm³/mol. The summed E-state index contributed by atoms with van der Waals surface area (Å²) in [7, 11) is 0. The molecule has 0 heterocycles. The van der Waals surface area contributed by atoms with Crippen molar-refractivity contribution in [3.63, 3.8) is 0 Å². The second-order valence-corrected chi connectivity index (χ2v) is 8.33. The molecule has 0 saturated heterocycles. The second-order valence-electron chi connectivity index (χ2n) is 7.35. The van der Waals surface area contributed by atoms with Crippen molar-refractivity contribution in [2.45, 2.75) is 51.2 Å². The van der Waals surface area contributed by atoms with E-state index in [9.17, 15) is 24.6 Å². The van der Waals surface area contributed by atoms with Crippen LogP contribution in [-0.2, 0) is 20.8 Å². The molecule has 9 heteroatoms. The third kappa shape index (κ3) is 9.19. The first-order chi connectivity index (χ1) is 13.6. The van der Waals surface area contributed by atoms with Gasteiger partial charge in [0.1, 0.15) is 17.8 Å². The summed E-state index contributed by atoms with van der Waals surface area (Å²) in [5.41, 5.74) is 6.60. The molecule has 0 bridgehead atoms. The fourth-order valence-electron chi connectivity index (χ4n) is 2.70. The normalized spacial score (nSPS) is 14.1. The summed E-state index contributed by atoms with van der Waals surface area (Å²) < 4.78 is 0. The van der Waals surface area contributed by atoms with E-state index in [0.29, 0.717) is 17.7 Å². The molecule has 0 aromatic heterocycles. The molecule has 0 aliphatic heterocycles. The number of rotatable bonds is 12. The Bertz CT molecular complexity index is 681. The highest BCUT2D eigenvalue weighted by Crippen LogP contribution is 2.12. The lowest BCUT2D eigenvalue weighted by atomic mass is 10.0. The molecular weight excluding hydrogens is 394 g/mol. The number of carboxylic acid groups (broad SMARTS) is 1. The van der Waals surface area contributed by atoms with Crippen LogP contribution in [-0.4, -0.2) is 58.1 Å². The van der Waals surface area contributed by atoms with Crippen molar-refractivity contribution in [3.8, 4) is 5.75 Å². The smallest absolute Gasteiger partial charge is 0.326 e. The molecule has 0 aliphatic rings. The summed E-state index contributed by atoms with van der Waals surface area (Å²) in [4.78, 5) is 36.7. The number of carboxylic acids is 1. The zero-order valence-corrected chi connectivity index (χ0v) is 17.9. The summed E-state index contributed by atoms with van der Waals surface area (Å²) in [5.74, 6) is -1.32. The Kier molecular flexibility index (Phi) is 10.5. The van der Waals surface area contributed by atoms with Crippen molar-refractivity contribution >= 4 is 29.5 Å². The number of nitrogens with one attached hydrogen (secondary N) is 2. The molecule has 0 saturated carbocycles. The number of hydrogen-bond acceptors (Lipinski definition) is 6. The highest BCUT2D eigenvalue weighted by Gasteiger charge is 2.28. The molecule has 0 radical (unpaired) electrons. The highest BCUT2D eigenvalue weighted by atomic mass is 32.2. The molecule has 29 heavy (non-hydrogen) atoms. The monoisotopic (exact) mass is 425 g/mol. The van der Waals surface area contributed by atoms with Crippen LogP contribution in [0.15, 0.2) is 24.3 Å². The maximum Gasteiger partial charge on any atom is 0.326 e. The number of thioether (sulfide) groups is 1. The van der Waals surface area contributed by atoms with Crippen LogP contribution in [0.2, 0.25) is 0 Å². The van der Waals surface area contributed by atoms with Gasteiger partial charge in [0.05, 0.1) is 6.04 Å². The van der Waals surface area contributed by atoms with E-state index >= 15 is 0 Å². The van der Waals surface area contributed by atoms with Crippen molar-refractivity contribution in [2.24, 2.45) is 11.7 Å². The quantitative estimate of drug-likeness (QED) is 0.338. The number of aromatic hydroxyl groups is 1. The number of phenolic OH excluding ortho intramolecular Hbond substituents is 1. The van der Waals surface area contributed by atoms with Crippen molar-refractivity contribution < 1.29 is 24.6 Å². The van der Waals surface area contributed by atoms with Gasteiger partial charge in [0.2, 0.25) is 11.8 Å². The number of carbonyl (C=O) groups excluding carboxylic acids is 2. The summed E-state index contributed by atoms with van der Waals surface area (Å²) >= 11 is 1.57. The first-order valence-electron chi connectivity index (χ1n) is 9.50. The van der Waals surface area contributed by atoms with Gasteiger partial charge in [-0.25, -0.2) is 4.79 Å².